The monoisotopic (exact) mass is 1110 g/mol. The molecule has 0 aromatic carbocycles. The van der Waals surface area contributed by atoms with Crippen LogP contribution in [0.25, 0.3) is 0 Å². The highest BCUT2D eigenvalue weighted by molar-refractivity contribution is 5.76. The highest BCUT2D eigenvalue weighted by Crippen LogP contribution is 2.18. The van der Waals surface area contributed by atoms with E-state index in [0.717, 1.165) is 64.2 Å². The third-order valence-corrected chi connectivity index (χ3v) is 16.3. The Hall–Kier alpha value is -2.18. The molecule has 1 amide bonds. The molecule has 2 atom stereocenters. The van der Waals surface area contributed by atoms with E-state index in [4.69, 9.17) is 4.74 Å². The van der Waals surface area contributed by atoms with Crippen LogP contribution in [0.2, 0.25) is 0 Å². The Labute approximate surface area is 493 Å². The molecule has 3 N–H and O–H groups in total. The van der Waals surface area contributed by atoms with Gasteiger partial charge in [0.05, 0.1) is 25.4 Å². The summed E-state index contributed by atoms with van der Waals surface area (Å²) in [6, 6.07) is -0.638. The molecule has 0 aliphatic carbocycles. The van der Waals surface area contributed by atoms with Crippen LogP contribution in [0.15, 0.2) is 48.6 Å². The lowest BCUT2D eigenvalue weighted by Gasteiger charge is -2.20. The molecule has 6 heteroatoms. The highest BCUT2D eigenvalue weighted by Gasteiger charge is 2.18. The average Bonchev–Trinajstić information content (AvgIpc) is 3.45. The van der Waals surface area contributed by atoms with Gasteiger partial charge in [-0.1, -0.05) is 326 Å². The predicted molar refractivity (Wildman–Crippen MR) is 347 cm³/mol. The summed E-state index contributed by atoms with van der Waals surface area (Å²) >= 11 is 0. The second-order valence-corrected chi connectivity index (χ2v) is 24.2. The van der Waals surface area contributed by atoms with E-state index in [1.165, 1.54) is 289 Å². The van der Waals surface area contributed by atoms with Crippen molar-refractivity contribution in [2.24, 2.45) is 0 Å². The number of amides is 1. The first kappa shape index (κ1) is 76.8. The molecule has 0 saturated carbocycles. The third kappa shape index (κ3) is 64.8. The van der Waals surface area contributed by atoms with Gasteiger partial charge >= 0.3 is 5.97 Å². The lowest BCUT2D eigenvalue weighted by molar-refractivity contribution is -0.143. The molecule has 0 aliphatic rings. The molecule has 0 spiro atoms. The van der Waals surface area contributed by atoms with E-state index >= 15 is 0 Å². The van der Waals surface area contributed by atoms with Gasteiger partial charge in [-0.05, 0) is 89.9 Å². The number of unbranched alkanes of at least 4 members (excludes halogenated alkanes) is 49. The summed E-state index contributed by atoms with van der Waals surface area (Å²) in [5, 5.41) is 23.3. The summed E-state index contributed by atoms with van der Waals surface area (Å²) in [6.45, 7) is 4.91. The van der Waals surface area contributed by atoms with Crippen molar-refractivity contribution in [3.63, 3.8) is 0 Å². The molecule has 6 nitrogen and oxygen atoms in total. The minimum absolute atomic E-state index is 0.00113. The lowest BCUT2D eigenvalue weighted by Crippen LogP contribution is -2.45. The molecule has 0 bridgehead atoms. The number of carbonyl (C=O) groups is 2. The van der Waals surface area contributed by atoms with E-state index in [0.29, 0.717) is 19.4 Å². The van der Waals surface area contributed by atoms with Crippen LogP contribution in [0.4, 0.5) is 0 Å². The summed E-state index contributed by atoms with van der Waals surface area (Å²) in [7, 11) is 0. The summed E-state index contributed by atoms with van der Waals surface area (Å²) in [5.74, 6) is -0.0764. The van der Waals surface area contributed by atoms with Crippen LogP contribution in [0.1, 0.15) is 380 Å². The number of carbonyl (C=O) groups excluding carboxylic acids is 2. The maximum atomic E-state index is 12.5. The van der Waals surface area contributed by atoms with Gasteiger partial charge in [0, 0.05) is 12.8 Å². The molecule has 2 unspecified atom stereocenters. The van der Waals surface area contributed by atoms with Crippen molar-refractivity contribution in [2.45, 2.75) is 392 Å². The molecule has 0 saturated heterocycles. The minimum atomic E-state index is -0.854. The quantitative estimate of drug-likeness (QED) is 0.0320. The van der Waals surface area contributed by atoms with Gasteiger partial charge in [0.15, 0.2) is 0 Å². The normalized spacial score (nSPS) is 12.8. The fourth-order valence-electron chi connectivity index (χ4n) is 10.9. The number of rotatable bonds is 66. The number of hydrogen-bond donors (Lipinski definition) is 3. The van der Waals surface area contributed by atoms with E-state index in [1.54, 1.807) is 6.08 Å². The fraction of sp³-hybridized carbons (Fsp3) is 0.863. The van der Waals surface area contributed by atoms with Gasteiger partial charge in [0.2, 0.25) is 5.91 Å². The molecule has 0 rings (SSSR count). The van der Waals surface area contributed by atoms with Crippen molar-refractivity contribution in [3.8, 4) is 0 Å². The Bertz CT molecular complexity index is 1320. The van der Waals surface area contributed by atoms with Gasteiger partial charge < -0.3 is 20.3 Å². The van der Waals surface area contributed by atoms with Gasteiger partial charge in [-0.25, -0.2) is 0 Å². The van der Waals surface area contributed by atoms with Gasteiger partial charge in [0.25, 0.3) is 0 Å². The topological polar surface area (TPSA) is 95.9 Å². The van der Waals surface area contributed by atoms with Crippen molar-refractivity contribution in [1.29, 1.82) is 0 Å². The first-order chi connectivity index (χ1) is 39.0. The number of ether oxygens (including phenoxy) is 1. The molecule has 79 heavy (non-hydrogen) atoms. The van der Waals surface area contributed by atoms with Crippen LogP contribution in [0.5, 0.6) is 0 Å². The smallest absolute Gasteiger partial charge is 0.305 e. The molecule has 464 valence electrons. The summed E-state index contributed by atoms with van der Waals surface area (Å²) in [4.78, 5) is 24.6. The first-order valence-electron chi connectivity index (χ1n) is 35.4. The number of hydrogen-bond acceptors (Lipinski definition) is 5. The standard InChI is InChI=1S/C73H137NO5/c1-3-5-7-9-11-13-15-17-19-20-21-22-23-25-28-31-34-38-41-45-49-53-57-61-65-71(76)70(69-75)74-72(77)66-62-58-54-50-46-42-39-35-32-29-26-24-27-30-33-36-40-44-48-52-56-60-64-68-79-73(78)67-63-59-55-51-47-43-37-18-16-14-12-10-8-6-4-2/h18,24,27,29,32,37,61,65,70-71,75-76H,3-17,19-23,25-26,28,30-31,33-36,38-60,62-64,66-69H2,1-2H3,(H,74,77)/b27-24-,32-29-,37-18-,65-61+. The molecule has 0 aromatic rings. The maximum Gasteiger partial charge on any atom is 0.305 e. The third-order valence-electron chi connectivity index (χ3n) is 16.3. The van der Waals surface area contributed by atoms with Gasteiger partial charge in [-0.2, -0.15) is 0 Å². The van der Waals surface area contributed by atoms with E-state index in [-0.39, 0.29) is 18.5 Å². The van der Waals surface area contributed by atoms with Crippen LogP contribution in [0.3, 0.4) is 0 Å². The van der Waals surface area contributed by atoms with Gasteiger partial charge in [0.1, 0.15) is 0 Å². The lowest BCUT2D eigenvalue weighted by atomic mass is 10.0. The van der Waals surface area contributed by atoms with E-state index in [1.807, 2.05) is 6.08 Å². The molecule has 0 aliphatic heterocycles. The fourth-order valence-corrected chi connectivity index (χ4v) is 10.9. The number of esters is 1. The van der Waals surface area contributed by atoms with Crippen molar-refractivity contribution >= 4 is 11.9 Å². The van der Waals surface area contributed by atoms with Gasteiger partial charge in [-0.15, -0.1) is 0 Å². The molecule has 0 heterocycles. The Morgan fingerprint density at radius 3 is 0.975 bits per heavy atom. The van der Waals surface area contributed by atoms with Crippen LogP contribution < -0.4 is 5.32 Å². The zero-order valence-corrected chi connectivity index (χ0v) is 53.1. The minimum Gasteiger partial charge on any atom is -0.466 e. The number of nitrogens with one attached hydrogen (secondary N) is 1. The number of aliphatic hydroxyl groups excluding tert-OH is 2. The Morgan fingerprint density at radius 1 is 0.354 bits per heavy atom. The van der Waals surface area contributed by atoms with Crippen molar-refractivity contribution in [3.05, 3.63) is 48.6 Å². The zero-order chi connectivity index (χ0) is 57.1. The maximum absolute atomic E-state index is 12.5. The van der Waals surface area contributed by atoms with Crippen LogP contribution in [-0.4, -0.2) is 47.4 Å². The highest BCUT2D eigenvalue weighted by atomic mass is 16.5. The molecular weight excluding hydrogens is 971 g/mol. The summed E-state index contributed by atoms with van der Waals surface area (Å²) < 4.78 is 5.48. The summed E-state index contributed by atoms with van der Waals surface area (Å²) in [6.07, 6.45) is 89.0. The second kappa shape index (κ2) is 68.3. The largest absolute Gasteiger partial charge is 0.466 e. The summed E-state index contributed by atoms with van der Waals surface area (Å²) in [5.41, 5.74) is 0. The van der Waals surface area contributed by atoms with Crippen LogP contribution in [0, 0.1) is 0 Å². The van der Waals surface area contributed by atoms with E-state index < -0.39 is 12.1 Å². The average molecular weight is 1110 g/mol. The van der Waals surface area contributed by atoms with E-state index in [9.17, 15) is 19.8 Å². The Kier molecular flexibility index (Phi) is 66.4. The second-order valence-electron chi connectivity index (χ2n) is 24.2. The Morgan fingerprint density at radius 2 is 0.633 bits per heavy atom. The van der Waals surface area contributed by atoms with Gasteiger partial charge in [-0.3, -0.25) is 9.59 Å². The van der Waals surface area contributed by atoms with Crippen molar-refractivity contribution < 1.29 is 24.5 Å². The number of aliphatic hydroxyl groups is 2. The molecule has 0 aromatic heterocycles. The predicted octanol–water partition coefficient (Wildman–Crippen LogP) is 22.9. The van der Waals surface area contributed by atoms with Crippen molar-refractivity contribution in [1.82, 2.24) is 5.32 Å². The van der Waals surface area contributed by atoms with Crippen LogP contribution in [-0.2, 0) is 14.3 Å². The van der Waals surface area contributed by atoms with Crippen molar-refractivity contribution in [2.75, 3.05) is 13.2 Å². The van der Waals surface area contributed by atoms with Crippen LogP contribution >= 0.6 is 0 Å². The SMILES string of the molecule is CCCCCCCC/C=C\CCCCCCCC(=O)OCCCCCCCCCCC/C=C\C/C=C\CCCCCCCCCC(=O)NC(CO)C(O)/C=C/CCCCCCCCCCCCCCCCCCCCCCCC. The Balaban J connectivity index is 3.48. The molecule has 0 radical (unpaired) electrons. The molecule has 0 fully saturated rings. The zero-order valence-electron chi connectivity index (χ0n) is 53.1. The molecular formula is C73H137NO5. The first-order valence-corrected chi connectivity index (χ1v) is 35.4. The van der Waals surface area contributed by atoms with E-state index in [2.05, 4.69) is 55.6 Å². The number of allylic oxidation sites excluding steroid dienone is 7.